The van der Waals surface area contributed by atoms with Crippen molar-refractivity contribution in [2.75, 3.05) is 13.6 Å². The van der Waals surface area contributed by atoms with Crippen molar-refractivity contribution in [3.05, 3.63) is 32.7 Å². The normalized spacial score (nSPS) is 24.2. The highest BCUT2D eigenvalue weighted by molar-refractivity contribution is 9.11. The van der Waals surface area contributed by atoms with Gasteiger partial charge in [0.05, 0.1) is 5.56 Å². The molecule has 1 saturated heterocycles. The molecule has 2 rings (SSSR count). The molecular formula is C14H18Br2N2O. The second-order valence-electron chi connectivity index (χ2n) is 5.15. The van der Waals surface area contributed by atoms with E-state index in [1.807, 2.05) is 18.2 Å². The zero-order valence-corrected chi connectivity index (χ0v) is 14.3. The maximum absolute atomic E-state index is 12.3. The minimum absolute atomic E-state index is 0.00104. The van der Waals surface area contributed by atoms with Crippen LogP contribution < -0.4 is 5.32 Å². The van der Waals surface area contributed by atoms with E-state index in [0.717, 1.165) is 28.3 Å². The van der Waals surface area contributed by atoms with Gasteiger partial charge >= 0.3 is 0 Å². The van der Waals surface area contributed by atoms with E-state index in [0.29, 0.717) is 11.6 Å². The maximum atomic E-state index is 12.3. The van der Waals surface area contributed by atoms with Crippen LogP contribution in [0.2, 0.25) is 0 Å². The zero-order chi connectivity index (χ0) is 14.0. The summed E-state index contributed by atoms with van der Waals surface area (Å²) >= 11 is 6.83. The third-order valence-electron chi connectivity index (χ3n) is 3.72. The lowest BCUT2D eigenvalue weighted by Gasteiger charge is -2.35. The first-order valence-corrected chi connectivity index (χ1v) is 8.02. The Morgan fingerprint density at radius 1 is 1.42 bits per heavy atom. The van der Waals surface area contributed by atoms with Gasteiger partial charge in [-0.05, 0) is 60.9 Å². The van der Waals surface area contributed by atoms with Gasteiger partial charge in [0.25, 0.3) is 5.91 Å². The number of benzene rings is 1. The SMILES string of the molecule is CC1CC(NC(=O)c2ccc(Br)cc2Br)CCN1C. The van der Waals surface area contributed by atoms with Gasteiger partial charge in [-0.1, -0.05) is 15.9 Å². The van der Waals surface area contributed by atoms with Crippen LogP contribution in [-0.4, -0.2) is 36.5 Å². The molecule has 0 aromatic heterocycles. The Morgan fingerprint density at radius 3 is 2.79 bits per heavy atom. The summed E-state index contributed by atoms with van der Waals surface area (Å²) in [4.78, 5) is 14.6. The number of halogens is 2. The van der Waals surface area contributed by atoms with Gasteiger partial charge in [-0.2, -0.15) is 0 Å². The number of nitrogens with one attached hydrogen (secondary N) is 1. The van der Waals surface area contributed by atoms with E-state index in [1.165, 1.54) is 0 Å². The minimum Gasteiger partial charge on any atom is -0.349 e. The highest BCUT2D eigenvalue weighted by Gasteiger charge is 2.24. The highest BCUT2D eigenvalue weighted by atomic mass is 79.9. The summed E-state index contributed by atoms with van der Waals surface area (Å²) in [7, 11) is 2.13. The number of likely N-dealkylation sites (tertiary alicyclic amines) is 1. The maximum Gasteiger partial charge on any atom is 0.252 e. The number of hydrogen-bond acceptors (Lipinski definition) is 2. The Morgan fingerprint density at radius 2 is 2.16 bits per heavy atom. The molecule has 3 nitrogen and oxygen atoms in total. The Hall–Kier alpha value is -0.390. The molecule has 0 saturated carbocycles. The number of rotatable bonds is 2. The van der Waals surface area contributed by atoms with Crippen LogP contribution in [0.4, 0.5) is 0 Å². The van der Waals surface area contributed by atoms with Crippen molar-refractivity contribution in [2.45, 2.75) is 31.8 Å². The summed E-state index contributed by atoms with van der Waals surface area (Å²) in [5.41, 5.74) is 0.690. The van der Waals surface area contributed by atoms with Gasteiger partial charge in [-0.3, -0.25) is 4.79 Å². The zero-order valence-electron chi connectivity index (χ0n) is 11.1. The number of piperidine rings is 1. The molecule has 5 heteroatoms. The van der Waals surface area contributed by atoms with Gasteiger partial charge in [-0.25, -0.2) is 0 Å². The lowest BCUT2D eigenvalue weighted by molar-refractivity contribution is 0.0896. The van der Waals surface area contributed by atoms with Crippen LogP contribution in [0.5, 0.6) is 0 Å². The molecule has 1 aromatic carbocycles. The average molecular weight is 390 g/mol. The quantitative estimate of drug-likeness (QED) is 0.840. The first kappa shape index (κ1) is 15.0. The number of carbonyl (C=O) groups is 1. The van der Waals surface area contributed by atoms with Crippen LogP contribution in [0.3, 0.4) is 0 Å². The summed E-state index contributed by atoms with van der Waals surface area (Å²) in [6.07, 6.45) is 2.02. The summed E-state index contributed by atoms with van der Waals surface area (Å²) in [5.74, 6) is 0.00104. The summed E-state index contributed by atoms with van der Waals surface area (Å²) < 4.78 is 1.78. The number of nitrogens with zero attached hydrogens (tertiary/aromatic N) is 1. The van der Waals surface area contributed by atoms with Crippen LogP contribution in [0.25, 0.3) is 0 Å². The van der Waals surface area contributed by atoms with E-state index in [4.69, 9.17) is 0 Å². The van der Waals surface area contributed by atoms with Crippen molar-refractivity contribution in [2.24, 2.45) is 0 Å². The first-order valence-electron chi connectivity index (χ1n) is 6.43. The van der Waals surface area contributed by atoms with Gasteiger partial charge in [0, 0.05) is 27.6 Å². The van der Waals surface area contributed by atoms with Gasteiger partial charge in [0.15, 0.2) is 0 Å². The van der Waals surface area contributed by atoms with E-state index in [2.05, 4.69) is 56.0 Å². The monoisotopic (exact) mass is 388 g/mol. The summed E-state index contributed by atoms with van der Waals surface area (Å²) in [6.45, 7) is 3.24. The molecular weight excluding hydrogens is 372 g/mol. The van der Waals surface area contributed by atoms with Crippen LogP contribution >= 0.6 is 31.9 Å². The molecule has 19 heavy (non-hydrogen) atoms. The van der Waals surface area contributed by atoms with E-state index < -0.39 is 0 Å². The van der Waals surface area contributed by atoms with E-state index in [1.54, 1.807) is 0 Å². The fourth-order valence-electron chi connectivity index (χ4n) is 2.36. The van der Waals surface area contributed by atoms with Crippen molar-refractivity contribution in [1.82, 2.24) is 10.2 Å². The van der Waals surface area contributed by atoms with Gasteiger partial charge in [0.1, 0.15) is 0 Å². The molecule has 1 aliphatic rings. The van der Waals surface area contributed by atoms with Gasteiger partial charge < -0.3 is 10.2 Å². The highest BCUT2D eigenvalue weighted by Crippen LogP contribution is 2.23. The smallest absolute Gasteiger partial charge is 0.252 e. The largest absolute Gasteiger partial charge is 0.349 e. The van der Waals surface area contributed by atoms with Crippen LogP contribution in [-0.2, 0) is 0 Å². The third kappa shape index (κ3) is 3.80. The van der Waals surface area contributed by atoms with Gasteiger partial charge in [0.2, 0.25) is 0 Å². The van der Waals surface area contributed by atoms with Crippen molar-refractivity contribution in [3.63, 3.8) is 0 Å². The topological polar surface area (TPSA) is 32.3 Å². The average Bonchev–Trinajstić information content (AvgIpc) is 2.33. The molecule has 0 bridgehead atoms. The predicted molar refractivity (Wildman–Crippen MR) is 84.4 cm³/mol. The molecule has 2 atom stereocenters. The van der Waals surface area contributed by atoms with Crippen molar-refractivity contribution < 1.29 is 4.79 Å². The molecule has 0 spiro atoms. The van der Waals surface area contributed by atoms with E-state index in [9.17, 15) is 4.79 Å². The summed E-state index contributed by atoms with van der Waals surface area (Å²) in [6, 6.07) is 6.41. The third-order valence-corrected chi connectivity index (χ3v) is 4.87. The standard InChI is InChI=1S/C14H18Br2N2O/c1-9-7-11(5-6-18(9)2)17-14(19)12-4-3-10(15)8-13(12)16/h3-4,8-9,11H,5-7H2,1-2H3,(H,17,19). The molecule has 1 heterocycles. The van der Waals surface area contributed by atoms with Crippen LogP contribution in [0.15, 0.2) is 27.1 Å². The van der Waals surface area contributed by atoms with Crippen molar-refractivity contribution in [3.8, 4) is 0 Å². The summed E-state index contributed by atoms with van der Waals surface area (Å²) in [5, 5.41) is 3.14. The molecule has 1 fully saturated rings. The van der Waals surface area contributed by atoms with Crippen LogP contribution in [0.1, 0.15) is 30.1 Å². The number of amides is 1. The Kier molecular flexibility index (Phi) is 5.03. The molecule has 1 amide bonds. The van der Waals surface area contributed by atoms with Crippen LogP contribution in [0, 0.1) is 0 Å². The molecule has 0 aliphatic carbocycles. The molecule has 1 aliphatic heterocycles. The van der Waals surface area contributed by atoms with Crippen molar-refractivity contribution >= 4 is 37.8 Å². The second kappa shape index (κ2) is 6.37. The lowest BCUT2D eigenvalue weighted by Crippen LogP contribution is -2.47. The van der Waals surface area contributed by atoms with Crippen molar-refractivity contribution in [1.29, 1.82) is 0 Å². The Bertz CT molecular complexity index is 479. The van der Waals surface area contributed by atoms with E-state index >= 15 is 0 Å². The molecule has 0 radical (unpaired) electrons. The Balaban J connectivity index is 2.01. The van der Waals surface area contributed by atoms with E-state index in [-0.39, 0.29) is 11.9 Å². The number of hydrogen-bond donors (Lipinski definition) is 1. The lowest BCUT2D eigenvalue weighted by atomic mass is 9.98. The first-order chi connectivity index (χ1) is 8.97. The second-order valence-corrected chi connectivity index (χ2v) is 6.92. The molecule has 1 N–H and O–H groups in total. The fraction of sp³-hybridized carbons (Fsp3) is 0.500. The molecule has 2 unspecified atom stereocenters. The molecule has 1 aromatic rings. The van der Waals surface area contributed by atoms with Gasteiger partial charge in [-0.15, -0.1) is 0 Å². The minimum atomic E-state index is 0.00104. The molecule has 104 valence electrons. The number of carbonyl (C=O) groups excluding carboxylic acids is 1. The Labute approximate surface area is 131 Å². The predicted octanol–water partition coefficient (Wildman–Crippen LogP) is 3.42. The fourth-order valence-corrected chi connectivity index (χ4v) is 3.58.